The van der Waals surface area contributed by atoms with Gasteiger partial charge in [0.05, 0.1) is 46.2 Å². The SMILES string of the molecule is C(#Cc1ccc2c(c1)OCCOCCOCCO2)CN1CCOCC1. The number of fused-ring (bicyclic) bond motifs is 1. The van der Waals surface area contributed by atoms with Gasteiger partial charge in [-0.1, -0.05) is 11.8 Å². The number of morpholine rings is 1. The smallest absolute Gasteiger partial charge is 0.162 e. The summed E-state index contributed by atoms with van der Waals surface area (Å²) in [6, 6.07) is 5.78. The lowest BCUT2D eigenvalue weighted by Gasteiger charge is -2.24. The fourth-order valence-electron chi connectivity index (χ4n) is 2.57. The molecule has 0 aliphatic carbocycles. The third kappa shape index (κ3) is 6.22. The molecule has 0 unspecified atom stereocenters. The Morgan fingerprint density at radius 3 is 2.16 bits per heavy atom. The lowest BCUT2D eigenvalue weighted by Crippen LogP contribution is -2.36. The molecular weight excluding hydrogens is 322 g/mol. The second-order valence-electron chi connectivity index (χ2n) is 5.77. The van der Waals surface area contributed by atoms with Crippen LogP contribution >= 0.6 is 0 Å². The Labute approximate surface area is 148 Å². The van der Waals surface area contributed by atoms with Crippen LogP contribution in [0.2, 0.25) is 0 Å². The van der Waals surface area contributed by atoms with Crippen LogP contribution in [0.15, 0.2) is 18.2 Å². The summed E-state index contributed by atoms with van der Waals surface area (Å²) in [5.41, 5.74) is 0.917. The van der Waals surface area contributed by atoms with Crippen molar-refractivity contribution in [2.75, 3.05) is 72.5 Å². The van der Waals surface area contributed by atoms with Gasteiger partial charge in [0, 0.05) is 18.7 Å². The number of ether oxygens (including phenoxy) is 5. The van der Waals surface area contributed by atoms with E-state index < -0.39 is 0 Å². The van der Waals surface area contributed by atoms with Gasteiger partial charge >= 0.3 is 0 Å². The zero-order valence-electron chi connectivity index (χ0n) is 14.5. The van der Waals surface area contributed by atoms with Crippen LogP contribution in [0.4, 0.5) is 0 Å². The molecule has 0 saturated carbocycles. The van der Waals surface area contributed by atoms with Crippen LogP contribution in [0.5, 0.6) is 11.5 Å². The Morgan fingerprint density at radius 1 is 0.760 bits per heavy atom. The van der Waals surface area contributed by atoms with Crippen molar-refractivity contribution in [3.8, 4) is 23.3 Å². The maximum atomic E-state index is 5.81. The third-order valence-corrected chi connectivity index (χ3v) is 3.93. The molecule has 0 N–H and O–H groups in total. The van der Waals surface area contributed by atoms with Crippen LogP contribution in [0.25, 0.3) is 0 Å². The first-order valence-electron chi connectivity index (χ1n) is 8.76. The molecule has 2 aliphatic heterocycles. The van der Waals surface area contributed by atoms with Crippen LogP contribution in [0, 0.1) is 11.8 Å². The quantitative estimate of drug-likeness (QED) is 0.711. The minimum absolute atomic E-state index is 0.473. The molecule has 0 amide bonds. The number of benzene rings is 1. The van der Waals surface area contributed by atoms with Crippen LogP contribution in [-0.2, 0) is 14.2 Å². The monoisotopic (exact) mass is 347 g/mol. The van der Waals surface area contributed by atoms with Crippen molar-refractivity contribution in [3.63, 3.8) is 0 Å². The van der Waals surface area contributed by atoms with Gasteiger partial charge in [0.25, 0.3) is 0 Å². The highest BCUT2D eigenvalue weighted by Crippen LogP contribution is 2.28. The zero-order valence-corrected chi connectivity index (χ0v) is 14.5. The normalized spacial score (nSPS) is 19.8. The molecule has 6 nitrogen and oxygen atoms in total. The Balaban J connectivity index is 1.62. The molecule has 136 valence electrons. The summed E-state index contributed by atoms with van der Waals surface area (Å²) in [5.74, 6) is 7.84. The van der Waals surface area contributed by atoms with E-state index in [-0.39, 0.29) is 0 Å². The highest BCUT2D eigenvalue weighted by molar-refractivity contribution is 5.48. The van der Waals surface area contributed by atoms with Crippen LogP contribution in [0.1, 0.15) is 5.56 Å². The van der Waals surface area contributed by atoms with Crippen molar-refractivity contribution in [1.82, 2.24) is 4.90 Å². The van der Waals surface area contributed by atoms with E-state index in [0.29, 0.717) is 51.1 Å². The van der Waals surface area contributed by atoms with E-state index in [9.17, 15) is 0 Å². The van der Waals surface area contributed by atoms with E-state index in [1.54, 1.807) is 0 Å². The van der Waals surface area contributed by atoms with Gasteiger partial charge in [-0.25, -0.2) is 0 Å². The van der Waals surface area contributed by atoms with Crippen molar-refractivity contribution < 1.29 is 23.7 Å². The van der Waals surface area contributed by atoms with Crippen molar-refractivity contribution in [2.45, 2.75) is 0 Å². The highest BCUT2D eigenvalue weighted by Gasteiger charge is 2.09. The van der Waals surface area contributed by atoms with E-state index >= 15 is 0 Å². The predicted molar refractivity (Wildman–Crippen MR) is 93.2 cm³/mol. The summed E-state index contributed by atoms with van der Waals surface area (Å²) < 4.78 is 27.8. The number of hydrogen-bond donors (Lipinski definition) is 0. The third-order valence-electron chi connectivity index (χ3n) is 3.93. The first kappa shape index (κ1) is 18.0. The summed E-state index contributed by atoms with van der Waals surface area (Å²) >= 11 is 0. The van der Waals surface area contributed by atoms with E-state index in [2.05, 4.69) is 16.7 Å². The molecule has 0 radical (unpaired) electrons. The lowest BCUT2D eigenvalue weighted by molar-refractivity contribution is 0.0223. The lowest BCUT2D eigenvalue weighted by atomic mass is 10.2. The summed E-state index contributed by atoms with van der Waals surface area (Å²) in [5, 5.41) is 0. The maximum Gasteiger partial charge on any atom is 0.162 e. The summed E-state index contributed by atoms with van der Waals surface area (Å²) in [4.78, 5) is 2.29. The van der Waals surface area contributed by atoms with Crippen molar-refractivity contribution in [1.29, 1.82) is 0 Å². The summed E-state index contributed by atoms with van der Waals surface area (Å²) in [6.45, 7) is 7.38. The van der Waals surface area contributed by atoms with Crippen molar-refractivity contribution in [2.24, 2.45) is 0 Å². The fourth-order valence-corrected chi connectivity index (χ4v) is 2.57. The van der Waals surface area contributed by atoms with Gasteiger partial charge in [-0.15, -0.1) is 0 Å². The molecule has 0 aromatic heterocycles. The van der Waals surface area contributed by atoms with Gasteiger partial charge in [0.15, 0.2) is 11.5 Å². The molecule has 2 heterocycles. The molecule has 1 aromatic carbocycles. The Morgan fingerprint density at radius 2 is 1.40 bits per heavy atom. The first-order valence-corrected chi connectivity index (χ1v) is 8.76. The molecule has 2 aliphatic rings. The summed E-state index contributed by atoms with van der Waals surface area (Å²) in [6.07, 6.45) is 0. The van der Waals surface area contributed by atoms with Crippen LogP contribution < -0.4 is 9.47 Å². The van der Waals surface area contributed by atoms with Gasteiger partial charge in [-0.05, 0) is 18.2 Å². The first-order chi connectivity index (χ1) is 12.4. The van der Waals surface area contributed by atoms with E-state index in [1.165, 1.54) is 0 Å². The topological polar surface area (TPSA) is 49.4 Å². The molecule has 0 bridgehead atoms. The minimum atomic E-state index is 0.473. The second-order valence-corrected chi connectivity index (χ2v) is 5.77. The van der Waals surface area contributed by atoms with Crippen LogP contribution in [0.3, 0.4) is 0 Å². The maximum absolute atomic E-state index is 5.81. The molecule has 6 heteroatoms. The highest BCUT2D eigenvalue weighted by atomic mass is 16.6. The summed E-state index contributed by atoms with van der Waals surface area (Å²) in [7, 11) is 0. The van der Waals surface area contributed by atoms with Crippen LogP contribution in [-0.4, -0.2) is 77.4 Å². The van der Waals surface area contributed by atoms with Crippen molar-refractivity contribution >= 4 is 0 Å². The standard InChI is InChI=1S/C19H25NO5/c1(5-20-6-8-21-9-7-20)2-17-3-4-18-19(16-17)25-15-13-23-11-10-22-12-14-24-18/h3-4,16H,5-15H2. The van der Waals surface area contributed by atoms with Gasteiger partial charge in [0.1, 0.15) is 13.2 Å². The second kappa shape index (κ2) is 10.3. The van der Waals surface area contributed by atoms with Gasteiger partial charge in [0.2, 0.25) is 0 Å². The predicted octanol–water partition coefficient (Wildman–Crippen LogP) is 1.17. The Bertz CT molecular complexity index is 589. The number of rotatable bonds is 1. The zero-order chi connectivity index (χ0) is 17.2. The Hall–Kier alpha value is -1.78. The number of hydrogen-bond acceptors (Lipinski definition) is 6. The molecule has 1 fully saturated rings. The van der Waals surface area contributed by atoms with E-state index in [1.807, 2.05) is 18.2 Å². The minimum Gasteiger partial charge on any atom is -0.487 e. The average Bonchev–Trinajstić information content (AvgIpc) is 2.64. The molecule has 1 aromatic rings. The Kier molecular flexibility index (Phi) is 7.40. The fraction of sp³-hybridized carbons (Fsp3) is 0.579. The van der Waals surface area contributed by atoms with Crippen molar-refractivity contribution in [3.05, 3.63) is 23.8 Å². The molecular formula is C19H25NO5. The number of nitrogens with zero attached hydrogens (tertiary/aromatic N) is 1. The van der Waals surface area contributed by atoms with Gasteiger partial charge in [-0.2, -0.15) is 0 Å². The molecule has 3 rings (SSSR count). The van der Waals surface area contributed by atoms with E-state index in [4.69, 9.17) is 23.7 Å². The molecule has 1 saturated heterocycles. The molecule has 25 heavy (non-hydrogen) atoms. The van der Waals surface area contributed by atoms with Gasteiger partial charge < -0.3 is 23.7 Å². The molecule has 0 atom stereocenters. The largest absolute Gasteiger partial charge is 0.487 e. The molecule has 0 spiro atoms. The average molecular weight is 347 g/mol. The van der Waals surface area contributed by atoms with E-state index in [0.717, 1.165) is 38.4 Å². The van der Waals surface area contributed by atoms with Gasteiger partial charge in [-0.3, -0.25) is 4.90 Å².